The molecule has 4 heteroatoms. The summed E-state index contributed by atoms with van der Waals surface area (Å²) in [5.41, 5.74) is 0. The third-order valence-electron chi connectivity index (χ3n) is 1.22. The van der Waals surface area contributed by atoms with E-state index in [1.807, 2.05) is 0 Å². The van der Waals surface area contributed by atoms with Gasteiger partial charge in [0.25, 0.3) is 0 Å². The molecule has 4 nitrogen and oxygen atoms in total. The summed E-state index contributed by atoms with van der Waals surface area (Å²) in [6.45, 7) is 0.158. The van der Waals surface area contributed by atoms with Crippen LogP contribution in [0.4, 0.5) is 0 Å². The zero-order valence-electron chi connectivity index (χ0n) is 4.49. The highest BCUT2D eigenvalue weighted by atomic mass is 16.7. The SMILES string of the molecule is O=C1OC=C2OCOC12. The second-order valence-electron chi connectivity index (χ2n) is 1.77. The highest BCUT2D eigenvalue weighted by Crippen LogP contribution is 2.23. The van der Waals surface area contributed by atoms with Crippen LogP contribution >= 0.6 is 0 Å². The zero-order valence-corrected chi connectivity index (χ0v) is 4.49. The van der Waals surface area contributed by atoms with E-state index in [1.165, 1.54) is 6.26 Å². The fraction of sp³-hybridized carbons (Fsp3) is 0.400. The van der Waals surface area contributed by atoms with Gasteiger partial charge < -0.3 is 14.2 Å². The molecule has 9 heavy (non-hydrogen) atoms. The topological polar surface area (TPSA) is 44.8 Å². The van der Waals surface area contributed by atoms with Crippen LogP contribution in [0.1, 0.15) is 0 Å². The van der Waals surface area contributed by atoms with Crippen LogP contribution in [0.2, 0.25) is 0 Å². The van der Waals surface area contributed by atoms with Crippen molar-refractivity contribution in [2.24, 2.45) is 0 Å². The number of carbonyl (C=O) groups is 1. The summed E-state index contributed by atoms with van der Waals surface area (Å²) in [6, 6.07) is 0. The Labute approximate surface area is 51.0 Å². The Morgan fingerprint density at radius 1 is 1.67 bits per heavy atom. The first kappa shape index (κ1) is 4.81. The fourth-order valence-corrected chi connectivity index (χ4v) is 0.786. The molecule has 1 saturated heterocycles. The maximum atomic E-state index is 10.6. The Bertz CT molecular complexity index is 183. The van der Waals surface area contributed by atoms with Gasteiger partial charge in [-0.15, -0.1) is 0 Å². The van der Waals surface area contributed by atoms with Crippen molar-refractivity contribution < 1.29 is 19.0 Å². The molecule has 0 N–H and O–H groups in total. The molecule has 48 valence electrons. The van der Waals surface area contributed by atoms with Crippen LogP contribution in [0.25, 0.3) is 0 Å². The highest BCUT2D eigenvalue weighted by molar-refractivity contribution is 5.81. The third kappa shape index (κ3) is 0.533. The zero-order chi connectivity index (χ0) is 6.27. The van der Waals surface area contributed by atoms with E-state index in [-0.39, 0.29) is 12.8 Å². The number of ether oxygens (including phenoxy) is 3. The molecule has 1 unspecified atom stereocenters. The standard InChI is InChI=1S/C5H4O4/c6-5-4-3(1-7-5)8-2-9-4/h1,4H,2H2. The van der Waals surface area contributed by atoms with Gasteiger partial charge in [-0.2, -0.15) is 0 Å². The molecule has 0 spiro atoms. The molecule has 1 fully saturated rings. The van der Waals surface area contributed by atoms with Crippen molar-refractivity contribution in [2.75, 3.05) is 6.79 Å². The molecule has 0 saturated carbocycles. The van der Waals surface area contributed by atoms with Gasteiger partial charge in [0.1, 0.15) is 6.26 Å². The summed E-state index contributed by atoms with van der Waals surface area (Å²) < 4.78 is 14.1. The molecule has 0 amide bonds. The fourth-order valence-electron chi connectivity index (χ4n) is 0.786. The molecule has 0 bridgehead atoms. The van der Waals surface area contributed by atoms with Gasteiger partial charge >= 0.3 is 5.97 Å². The molecular weight excluding hydrogens is 124 g/mol. The second kappa shape index (κ2) is 1.48. The van der Waals surface area contributed by atoms with Crippen molar-refractivity contribution in [3.8, 4) is 0 Å². The molecule has 1 atom stereocenters. The molecule has 0 radical (unpaired) electrons. The van der Waals surface area contributed by atoms with Crippen molar-refractivity contribution >= 4 is 5.97 Å². The van der Waals surface area contributed by atoms with Crippen LogP contribution in [0.15, 0.2) is 12.0 Å². The van der Waals surface area contributed by atoms with Crippen molar-refractivity contribution in [1.29, 1.82) is 0 Å². The highest BCUT2D eigenvalue weighted by Gasteiger charge is 2.37. The van der Waals surface area contributed by atoms with Crippen molar-refractivity contribution in [1.82, 2.24) is 0 Å². The molecule has 0 aromatic heterocycles. The van der Waals surface area contributed by atoms with E-state index >= 15 is 0 Å². The second-order valence-corrected chi connectivity index (χ2v) is 1.77. The smallest absolute Gasteiger partial charge is 0.348 e. The summed E-state index contributed by atoms with van der Waals surface area (Å²) in [5, 5.41) is 0. The first-order chi connectivity index (χ1) is 4.38. The van der Waals surface area contributed by atoms with E-state index in [0.717, 1.165) is 0 Å². The lowest BCUT2D eigenvalue weighted by Crippen LogP contribution is -2.16. The Morgan fingerprint density at radius 2 is 2.56 bits per heavy atom. The largest absolute Gasteiger partial charge is 0.465 e. The number of cyclic esters (lactones) is 1. The summed E-state index contributed by atoms with van der Waals surface area (Å²) in [7, 11) is 0. The van der Waals surface area contributed by atoms with Crippen LogP contribution in [-0.4, -0.2) is 18.9 Å². The molecule has 0 aromatic carbocycles. The molecule has 2 heterocycles. The lowest BCUT2D eigenvalue weighted by Gasteiger charge is -1.93. The minimum absolute atomic E-state index is 0.158. The third-order valence-corrected chi connectivity index (χ3v) is 1.22. The molecule has 2 rings (SSSR count). The van der Waals surface area contributed by atoms with E-state index in [2.05, 4.69) is 4.74 Å². The minimum atomic E-state index is -0.579. The summed E-state index contributed by atoms with van der Waals surface area (Å²) in [4.78, 5) is 10.6. The summed E-state index contributed by atoms with van der Waals surface area (Å²) >= 11 is 0. The van der Waals surface area contributed by atoms with E-state index in [9.17, 15) is 4.79 Å². The predicted octanol–water partition coefficient (Wildman–Crippen LogP) is -0.243. The van der Waals surface area contributed by atoms with Gasteiger partial charge in [0.15, 0.2) is 12.6 Å². The van der Waals surface area contributed by atoms with E-state index in [4.69, 9.17) is 9.47 Å². The number of hydrogen-bond acceptors (Lipinski definition) is 4. The van der Waals surface area contributed by atoms with Gasteiger partial charge in [-0.1, -0.05) is 0 Å². The Balaban J connectivity index is 2.28. The first-order valence-electron chi connectivity index (χ1n) is 2.53. The van der Waals surface area contributed by atoms with Crippen LogP contribution in [0.3, 0.4) is 0 Å². The van der Waals surface area contributed by atoms with Crippen molar-refractivity contribution in [3.63, 3.8) is 0 Å². The van der Waals surface area contributed by atoms with Crippen LogP contribution < -0.4 is 0 Å². The van der Waals surface area contributed by atoms with E-state index in [1.54, 1.807) is 0 Å². The maximum Gasteiger partial charge on any atom is 0.348 e. The van der Waals surface area contributed by atoms with Crippen LogP contribution in [0, 0.1) is 0 Å². The van der Waals surface area contributed by atoms with Crippen molar-refractivity contribution in [2.45, 2.75) is 6.10 Å². The number of fused-ring (bicyclic) bond motifs is 1. The van der Waals surface area contributed by atoms with Crippen molar-refractivity contribution in [3.05, 3.63) is 12.0 Å². The van der Waals surface area contributed by atoms with Crippen LogP contribution in [-0.2, 0) is 19.0 Å². The van der Waals surface area contributed by atoms with Gasteiger partial charge in [-0.25, -0.2) is 4.79 Å². The van der Waals surface area contributed by atoms with Gasteiger partial charge in [0.2, 0.25) is 6.10 Å². The normalized spacial score (nSPS) is 30.9. The minimum Gasteiger partial charge on any atom is -0.465 e. The summed E-state index contributed by atoms with van der Waals surface area (Å²) in [6.07, 6.45) is 0.699. The number of hydrogen-bond donors (Lipinski definition) is 0. The monoisotopic (exact) mass is 128 g/mol. The number of rotatable bonds is 0. The lowest BCUT2D eigenvalue weighted by molar-refractivity contribution is -0.145. The first-order valence-corrected chi connectivity index (χ1v) is 2.53. The predicted molar refractivity (Wildman–Crippen MR) is 25.0 cm³/mol. The molecule has 2 aliphatic rings. The van der Waals surface area contributed by atoms with Gasteiger partial charge in [-0.3, -0.25) is 0 Å². The lowest BCUT2D eigenvalue weighted by atomic mass is 10.3. The Kier molecular flexibility index (Phi) is 0.790. The Hall–Kier alpha value is -1.03. The average Bonchev–Trinajstić information content (AvgIpc) is 2.35. The molecule has 0 aliphatic carbocycles. The molecular formula is C5H4O4. The number of esters is 1. The van der Waals surface area contributed by atoms with E-state index < -0.39 is 6.10 Å². The van der Waals surface area contributed by atoms with Gasteiger partial charge in [-0.05, 0) is 0 Å². The quantitative estimate of drug-likeness (QED) is 0.422. The molecule has 0 aromatic rings. The van der Waals surface area contributed by atoms with Gasteiger partial charge in [0, 0.05) is 0 Å². The maximum absolute atomic E-state index is 10.6. The summed E-state index contributed by atoms with van der Waals surface area (Å²) in [5.74, 6) is 0.0995. The average molecular weight is 128 g/mol. The molecule has 2 aliphatic heterocycles. The Morgan fingerprint density at radius 3 is 3.33 bits per heavy atom. The number of carbonyl (C=O) groups excluding carboxylic acids is 1. The van der Waals surface area contributed by atoms with Crippen LogP contribution in [0.5, 0.6) is 0 Å². The van der Waals surface area contributed by atoms with E-state index in [0.29, 0.717) is 5.76 Å². The van der Waals surface area contributed by atoms with Gasteiger partial charge in [0.05, 0.1) is 0 Å².